The van der Waals surface area contributed by atoms with Gasteiger partial charge in [0.05, 0.1) is 6.61 Å². The number of carbonyl (C=O) groups excluding carboxylic acids is 2. The third kappa shape index (κ3) is 30.8. The molecule has 2 N–H and O–H groups in total. The Hall–Kier alpha value is -1.99. The van der Waals surface area contributed by atoms with Gasteiger partial charge in [-0.05, 0) is 44.9 Å². The second kappa shape index (κ2) is 28.1. The van der Waals surface area contributed by atoms with Gasteiger partial charge in [-0.3, -0.25) is 14.1 Å². The molecule has 0 aliphatic heterocycles. The van der Waals surface area contributed by atoms with Crippen LogP contribution in [0, 0.1) is 0 Å². The van der Waals surface area contributed by atoms with Gasteiger partial charge in [0.1, 0.15) is 6.61 Å². The molecule has 0 aromatic heterocycles. The Morgan fingerprint density at radius 3 is 1.66 bits per heavy atom. The van der Waals surface area contributed by atoms with Gasteiger partial charge in [0.25, 0.3) is 0 Å². The van der Waals surface area contributed by atoms with Crippen molar-refractivity contribution in [1.82, 2.24) is 0 Å². The minimum atomic E-state index is -4.72. The third-order valence-corrected chi connectivity index (χ3v) is 6.65. The molecular formula is C32H55O8P. The molecule has 9 heteroatoms. The van der Waals surface area contributed by atoms with Crippen molar-refractivity contribution in [3.05, 3.63) is 48.6 Å². The van der Waals surface area contributed by atoms with Crippen LogP contribution < -0.4 is 0 Å². The number of hydrogen-bond acceptors (Lipinski definition) is 6. The van der Waals surface area contributed by atoms with Crippen molar-refractivity contribution >= 4 is 19.8 Å². The van der Waals surface area contributed by atoms with Crippen molar-refractivity contribution in [3.8, 4) is 0 Å². The molecule has 0 amide bonds. The lowest BCUT2D eigenvalue weighted by molar-refractivity contribution is -0.161. The van der Waals surface area contributed by atoms with E-state index >= 15 is 0 Å². The number of unbranched alkanes of at least 4 members (excludes halogenated alkanes) is 10. The number of phosphoric acid groups is 1. The molecule has 41 heavy (non-hydrogen) atoms. The van der Waals surface area contributed by atoms with Gasteiger partial charge >= 0.3 is 19.8 Å². The van der Waals surface area contributed by atoms with Crippen molar-refractivity contribution in [2.45, 2.75) is 129 Å². The zero-order valence-corrected chi connectivity index (χ0v) is 26.3. The summed E-state index contributed by atoms with van der Waals surface area (Å²) in [6.45, 7) is 2.92. The molecule has 0 saturated carbocycles. The van der Waals surface area contributed by atoms with E-state index in [4.69, 9.17) is 19.3 Å². The van der Waals surface area contributed by atoms with Crippen molar-refractivity contribution < 1.29 is 37.9 Å². The lowest BCUT2D eigenvalue weighted by Gasteiger charge is -2.18. The van der Waals surface area contributed by atoms with Crippen molar-refractivity contribution in [2.75, 3.05) is 13.2 Å². The summed E-state index contributed by atoms with van der Waals surface area (Å²) in [4.78, 5) is 41.1. The van der Waals surface area contributed by atoms with Gasteiger partial charge < -0.3 is 19.3 Å². The first-order chi connectivity index (χ1) is 19.8. The maximum absolute atomic E-state index is 12.1. The van der Waals surface area contributed by atoms with E-state index < -0.39 is 32.5 Å². The van der Waals surface area contributed by atoms with Gasteiger partial charge in [0.15, 0.2) is 6.10 Å². The second-order valence-corrected chi connectivity index (χ2v) is 11.2. The summed E-state index contributed by atoms with van der Waals surface area (Å²) < 4.78 is 25.4. The normalized spacial score (nSPS) is 13.2. The predicted octanol–water partition coefficient (Wildman–Crippen LogP) is 8.45. The highest BCUT2D eigenvalue weighted by atomic mass is 31.2. The van der Waals surface area contributed by atoms with E-state index in [9.17, 15) is 14.2 Å². The minimum absolute atomic E-state index is 0.146. The van der Waals surface area contributed by atoms with E-state index in [0.717, 1.165) is 51.4 Å². The molecule has 0 fully saturated rings. The Bertz CT molecular complexity index is 813. The highest BCUT2D eigenvalue weighted by molar-refractivity contribution is 7.46. The van der Waals surface area contributed by atoms with E-state index in [-0.39, 0.29) is 19.4 Å². The number of carbonyl (C=O) groups is 2. The number of ether oxygens (including phenoxy) is 2. The Balaban J connectivity index is 3.67. The number of hydrogen-bond donors (Lipinski definition) is 2. The number of allylic oxidation sites excluding steroid dienone is 8. The monoisotopic (exact) mass is 598 g/mol. The molecule has 8 nitrogen and oxygen atoms in total. The summed E-state index contributed by atoms with van der Waals surface area (Å²) in [6.07, 6.45) is 33.7. The van der Waals surface area contributed by atoms with Crippen LogP contribution in [0.2, 0.25) is 0 Å². The average Bonchev–Trinajstić information content (AvgIpc) is 2.94. The van der Waals surface area contributed by atoms with E-state index in [1.54, 1.807) is 6.92 Å². The van der Waals surface area contributed by atoms with E-state index in [0.29, 0.717) is 6.42 Å². The lowest BCUT2D eigenvalue weighted by Crippen LogP contribution is -2.29. The fourth-order valence-electron chi connectivity index (χ4n) is 3.87. The highest BCUT2D eigenvalue weighted by Crippen LogP contribution is 2.35. The zero-order valence-electron chi connectivity index (χ0n) is 25.4. The van der Waals surface area contributed by atoms with Gasteiger partial charge in [0.2, 0.25) is 0 Å². The quantitative estimate of drug-likeness (QED) is 0.0418. The van der Waals surface area contributed by atoms with Crippen molar-refractivity contribution in [1.29, 1.82) is 0 Å². The molecule has 0 aromatic rings. The molecular weight excluding hydrogens is 543 g/mol. The van der Waals surface area contributed by atoms with Crippen LogP contribution in [0.3, 0.4) is 0 Å². The molecule has 0 heterocycles. The number of rotatable bonds is 27. The summed E-state index contributed by atoms with van der Waals surface area (Å²) in [5.41, 5.74) is 0. The van der Waals surface area contributed by atoms with Crippen LogP contribution in [0.4, 0.5) is 0 Å². The van der Waals surface area contributed by atoms with Crippen LogP contribution in [0.25, 0.3) is 0 Å². The maximum Gasteiger partial charge on any atom is 0.469 e. The van der Waals surface area contributed by atoms with E-state index in [2.05, 4.69) is 60.1 Å². The fourth-order valence-corrected chi connectivity index (χ4v) is 4.23. The smallest absolute Gasteiger partial charge is 0.462 e. The maximum atomic E-state index is 12.1. The van der Waals surface area contributed by atoms with Gasteiger partial charge in [-0.1, -0.05) is 114 Å². The van der Waals surface area contributed by atoms with Crippen LogP contribution in [-0.4, -0.2) is 41.0 Å². The SMILES string of the molecule is CC/C=C\C/C=C\C/C=C\C/C=C\CCCCCCCCCCCCC(=O)OC(COC(=O)CC)COP(=O)(O)O. The first-order valence-electron chi connectivity index (χ1n) is 15.4. The minimum Gasteiger partial charge on any atom is -0.462 e. The molecule has 236 valence electrons. The Labute approximate surface area is 248 Å². The molecule has 0 radical (unpaired) electrons. The Morgan fingerprint density at radius 1 is 0.659 bits per heavy atom. The predicted molar refractivity (Wildman–Crippen MR) is 165 cm³/mol. The third-order valence-electron chi connectivity index (χ3n) is 6.17. The van der Waals surface area contributed by atoms with Gasteiger partial charge in [0, 0.05) is 12.8 Å². The van der Waals surface area contributed by atoms with Crippen LogP contribution >= 0.6 is 7.82 Å². The van der Waals surface area contributed by atoms with E-state index in [1.807, 2.05) is 0 Å². The Morgan fingerprint density at radius 2 is 1.15 bits per heavy atom. The van der Waals surface area contributed by atoms with Gasteiger partial charge in [-0.25, -0.2) is 4.57 Å². The van der Waals surface area contributed by atoms with Crippen molar-refractivity contribution in [2.24, 2.45) is 0 Å². The first-order valence-corrected chi connectivity index (χ1v) is 17.0. The molecule has 0 spiro atoms. The molecule has 0 aliphatic rings. The molecule has 0 aromatic carbocycles. The topological polar surface area (TPSA) is 119 Å². The van der Waals surface area contributed by atoms with Crippen LogP contribution in [-0.2, 0) is 28.2 Å². The molecule has 1 unspecified atom stereocenters. The van der Waals surface area contributed by atoms with Gasteiger partial charge in [-0.2, -0.15) is 0 Å². The summed E-state index contributed by atoms with van der Waals surface area (Å²) in [5, 5.41) is 0. The summed E-state index contributed by atoms with van der Waals surface area (Å²) >= 11 is 0. The largest absolute Gasteiger partial charge is 0.469 e. The molecule has 0 saturated heterocycles. The van der Waals surface area contributed by atoms with Crippen molar-refractivity contribution in [3.63, 3.8) is 0 Å². The first kappa shape index (κ1) is 39.0. The highest BCUT2D eigenvalue weighted by Gasteiger charge is 2.22. The van der Waals surface area contributed by atoms with Crippen LogP contribution in [0.5, 0.6) is 0 Å². The zero-order chi connectivity index (χ0) is 30.4. The molecule has 0 aliphatic carbocycles. The summed E-state index contributed by atoms with van der Waals surface area (Å²) in [5.74, 6) is -0.994. The number of esters is 2. The second-order valence-electron chi connectivity index (χ2n) is 10.0. The van der Waals surface area contributed by atoms with Crippen LogP contribution in [0.1, 0.15) is 123 Å². The standard InChI is InChI=1S/C32H55O8P/c1-3-5-6-7-8-9-10-11-12-13-14-15-16-17-18-19-20-21-22-23-24-25-26-27-32(34)40-30(28-38-31(33)4-2)29-39-41(35,36)37/h5-6,8-9,11-12,14-15,30H,3-4,7,10,13,16-29H2,1-2H3,(H2,35,36,37)/b6-5-,9-8-,12-11-,15-14-. The number of phosphoric ester groups is 1. The Kier molecular flexibility index (Phi) is 26.8. The molecule has 1 atom stereocenters. The lowest BCUT2D eigenvalue weighted by atomic mass is 10.0. The molecule has 0 bridgehead atoms. The summed E-state index contributed by atoms with van der Waals surface area (Å²) in [6, 6.07) is 0. The molecule has 0 rings (SSSR count). The average molecular weight is 599 g/mol. The van der Waals surface area contributed by atoms with E-state index in [1.165, 1.54) is 38.5 Å². The summed E-state index contributed by atoms with van der Waals surface area (Å²) in [7, 11) is -4.72. The fraction of sp³-hybridized carbons (Fsp3) is 0.688. The van der Waals surface area contributed by atoms with Crippen LogP contribution in [0.15, 0.2) is 48.6 Å². The van der Waals surface area contributed by atoms with Gasteiger partial charge in [-0.15, -0.1) is 0 Å².